The van der Waals surface area contributed by atoms with Crippen LogP contribution in [0.5, 0.6) is 0 Å². The lowest BCUT2D eigenvalue weighted by molar-refractivity contribution is 0.0524. The van der Waals surface area contributed by atoms with Crippen LogP contribution in [0.25, 0.3) is 10.9 Å². The van der Waals surface area contributed by atoms with Gasteiger partial charge >= 0.3 is 5.97 Å². The summed E-state index contributed by atoms with van der Waals surface area (Å²) in [4.78, 5) is 24.4. The van der Waals surface area contributed by atoms with E-state index in [1.807, 2.05) is 0 Å². The van der Waals surface area contributed by atoms with Crippen LogP contribution >= 0.6 is 0 Å². The minimum absolute atomic E-state index is 0.0226. The van der Waals surface area contributed by atoms with Crippen molar-refractivity contribution in [3.05, 3.63) is 33.9 Å². The van der Waals surface area contributed by atoms with Gasteiger partial charge in [0.2, 0.25) is 5.43 Å². The van der Waals surface area contributed by atoms with Gasteiger partial charge in [-0.1, -0.05) is 0 Å². The second-order valence-electron chi connectivity index (χ2n) is 5.31. The first-order chi connectivity index (χ1) is 10.5. The molecule has 7 heteroatoms. The van der Waals surface area contributed by atoms with E-state index in [4.69, 9.17) is 16.2 Å². The Morgan fingerprint density at radius 3 is 2.68 bits per heavy atom. The van der Waals surface area contributed by atoms with Crippen LogP contribution in [0.3, 0.4) is 0 Å². The van der Waals surface area contributed by atoms with Gasteiger partial charge in [-0.05, 0) is 25.8 Å². The quantitative estimate of drug-likeness (QED) is 0.665. The molecule has 0 saturated heterocycles. The molecule has 1 saturated carbocycles. The van der Waals surface area contributed by atoms with E-state index in [0.717, 1.165) is 18.9 Å². The van der Waals surface area contributed by atoms with Crippen molar-refractivity contribution in [2.24, 2.45) is 0 Å². The van der Waals surface area contributed by atoms with Gasteiger partial charge in [0, 0.05) is 12.2 Å². The van der Waals surface area contributed by atoms with Crippen molar-refractivity contribution in [1.82, 2.24) is 4.57 Å². The number of carbonyl (C=O) groups excluding carboxylic acids is 1. The van der Waals surface area contributed by atoms with E-state index < -0.39 is 17.2 Å². The Bertz CT molecular complexity index is 840. The van der Waals surface area contributed by atoms with Gasteiger partial charge in [-0.25, -0.2) is 9.18 Å². The van der Waals surface area contributed by atoms with Crippen molar-refractivity contribution in [2.75, 3.05) is 18.1 Å². The molecule has 116 valence electrons. The summed E-state index contributed by atoms with van der Waals surface area (Å²) < 4.78 is 20.5. The lowest BCUT2D eigenvalue weighted by Crippen LogP contribution is -2.22. The molecule has 0 bridgehead atoms. The number of aromatic nitrogens is 1. The Labute approximate surface area is 125 Å². The number of nitrogens with two attached hydrogens (primary N) is 2. The number of hydrogen-bond acceptors (Lipinski definition) is 5. The summed E-state index contributed by atoms with van der Waals surface area (Å²) in [6, 6.07) is 1.16. The first-order valence-corrected chi connectivity index (χ1v) is 7.05. The minimum Gasteiger partial charge on any atom is -0.462 e. The van der Waals surface area contributed by atoms with Crippen LogP contribution in [0.15, 0.2) is 17.1 Å². The number of hydrogen-bond donors (Lipinski definition) is 2. The molecule has 0 unspecified atom stereocenters. The fraction of sp³-hybridized carbons (Fsp3) is 0.333. The maximum atomic E-state index is 13.8. The molecule has 0 radical (unpaired) electrons. The zero-order valence-corrected chi connectivity index (χ0v) is 12.1. The van der Waals surface area contributed by atoms with Gasteiger partial charge in [-0.2, -0.15) is 0 Å². The summed E-state index contributed by atoms with van der Waals surface area (Å²) >= 11 is 0. The maximum absolute atomic E-state index is 13.8. The van der Waals surface area contributed by atoms with Crippen LogP contribution in [0.1, 0.15) is 36.2 Å². The van der Waals surface area contributed by atoms with Crippen LogP contribution in [0.2, 0.25) is 0 Å². The highest BCUT2D eigenvalue weighted by Crippen LogP contribution is 2.39. The highest BCUT2D eigenvalue weighted by Gasteiger charge is 2.29. The Kier molecular flexibility index (Phi) is 3.27. The van der Waals surface area contributed by atoms with Crippen molar-refractivity contribution in [3.63, 3.8) is 0 Å². The summed E-state index contributed by atoms with van der Waals surface area (Å²) in [5.74, 6) is -1.50. The average Bonchev–Trinajstić information content (AvgIpc) is 3.30. The van der Waals surface area contributed by atoms with Crippen LogP contribution < -0.4 is 16.9 Å². The number of ether oxygens (including phenoxy) is 1. The highest BCUT2D eigenvalue weighted by molar-refractivity contribution is 6.00. The lowest BCUT2D eigenvalue weighted by Gasteiger charge is -2.15. The first kappa shape index (κ1) is 14.4. The Hall–Kier alpha value is -2.57. The summed E-state index contributed by atoms with van der Waals surface area (Å²) in [5, 5.41) is 0.0432. The van der Waals surface area contributed by atoms with Crippen LogP contribution in [0, 0.1) is 5.82 Å². The number of fused-ring (bicyclic) bond motifs is 1. The van der Waals surface area contributed by atoms with Crippen LogP contribution in [-0.4, -0.2) is 17.1 Å². The molecule has 2 aromatic rings. The van der Waals surface area contributed by atoms with Crippen LogP contribution in [0.4, 0.5) is 15.8 Å². The molecule has 3 rings (SSSR count). The zero-order valence-electron chi connectivity index (χ0n) is 12.1. The summed E-state index contributed by atoms with van der Waals surface area (Å²) in [6.07, 6.45) is 3.24. The van der Waals surface area contributed by atoms with Crippen molar-refractivity contribution in [3.8, 4) is 0 Å². The second kappa shape index (κ2) is 5.01. The predicted molar refractivity (Wildman–Crippen MR) is 81.2 cm³/mol. The molecule has 0 atom stereocenters. The summed E-state index contributed by atoms with van der Waals surface area (Å²) in [6.45, 7) is 1.80. The lowest BCUT2D eigenvalue weighted by atomic mass is 10.1. The van der Waals surface area contributed by atoms with Gasteiger partial charge in [0.1, 0.15) is 11.4 Å². The monoisotopic (exact) mass is 305 g/mol. The smallest absolute Gasteiger partial charge is 0.343 e. The van der Waals surface area contributed by atoms with Crippen molar-refractivity contribution in [1.29, 1.82) is 0 Å². The molecule has 0 spiro atoms. The van der Waals surface area contributed by atoms with E-state index in [9.17, 15) is 14.0 Å². The number of carbonyl (C=O) groups is 1. The molecule has 22 heavy (non-hydrogen) atoms. The van der Waals surface area contributed by atoms with Crippen molar-refractivity contribution < 1.29 is 13.9 Å². The van der Waals surface area contributed by atoms with Gasteiger partial charge in [0.05, 0.1) is 28.9 Å². The Morgan fingerprint density at radius 2 is 2.09 bits per heavy atom. The Morgan fingerprint density at radius 1 is 1.41 bits per heavy atom. The fourth-order valence-electron chi connectivity index (χ4n) is 2.53. The largest absolute Gasteiger partial charge is 0.462 e. The van der Waals surface area contributed by atoms with E-state index in [0.29, 0.717) is 5.52 Å². The van der Waals surface area contributed by atoms with E-state index in [1.54, 1.807) is 11.5 Å². The first-order valence-electron chi connectivity index (χ1n) is 7.05. The maximum Gasteiger partial charge on any atom is 0.343 e. The molecule has 1 aromatic carbocycles. The van der Waals surface area contributed by atoms with E-state index >= 15 is 0 Å². The number of pyridine rings is 1. The third kappa shape index (κ3) is 2.09. The molecule has 1 aromatic heterocycles. The molecule has 1 heterocycles. The number of anilines is 2. The SMILES string of the molecule is CCOC(=O)c1cn(C2CC2)c2c(N)c(N)c(F)cc2c1=O. The molecule has 0 amide bonds. The molecule has 1 aliphatic rings. The number of nitrogen functional groups attached to an aromatic ring is 2. The van der Waals surface area contributed by atoms with E-state index in [2.05, 4.69) is 0 Å². The molecule has 0 aliphatic heterocycles. The van der Waals surface area contributed by atoms with Gasteiger partial charge in [-0.3, -0.25) is 4.79 Å². The molecule has 6 nitrogen and oxygen atoms in total. The molecular formula is C15H16FN3O3. The predicted octanol–water partition coefficient (Wildman–Crippen LogP) is 1.82. The van der Waals surface area contributed by atoms with Gasteiger partial charge in [0.25, 0.3) is 0 Å². The van der Waals surface area contributed by atoms with E-state index in [1.165, 1.54) is 6.20 Å². The summed E-state index contributed by atoms with van der Waals surface area (Å²) in [7, 11) is 0. The summed E-state index contributed by atoms with van der Waals surface area (Å²) in [5.41, 5.74) is 11.0. The van der Waals surface area contributed by atoms with Crippen molar-refractivity contribution >= 4 is 28.2 Å². The standard InChI is InChI=1S/C15H16FN3O3/c1-2-22-15(21)9-6-19(7-3-4-7)13-8(14(9)20)5-10(16)11(17)12(13)18/h5-7H,2-4,17-18H2,1H3. The molecule has 1 fully saturated rings. The van der Waals surface area contributed by atoms with Gasteiger partial charge < -0.3 is 20.8 Å². The topological polar surface area (TPSA) is 100 Å². The van der Waals surface area contributed by atoms with Gasteiger partial charge in [-0.15, -0.1) is 0 Å². The number of esters is 1. The zero-order chi connectivity index (χ0) is 16.0. The number of nitrogens with zero attached hydrogens (tertiary/aromatic N) is 1. The van der Waals surface area contributed by atoms with Crippen LogP contribution in [-0.2, 0) is 4.74 Å². The van der Waals surface area contributed by atoms with E-state index in [-0.39, 0.29) is 35.0 Å². The third-order valence-corrected chi connectivity index (χ3v) is 3.78. The normalized spacial score (nSPS) is 14.3. The average molecular weight is 305 g/mol. The molecular weight excluding hydrogens is 289 g/mol. The molecule has 1 aliphatic carbocycles. The second-order valence-corrected chi connectivity index (χ2v) is 5.31. The number of benzene rings is 1. The Balaban J connectivity index is 2.38. The van der Waals surface area contributed by atoms with Crippen molar-refractivity contribution in [2.45, 2.75) is 25.8 Å². The fourth-order valence-corrected chi connectivity index (χ4v) is 2.53. The minimum atomic E-state index is -0.773. The van der Waals surface area contributed by atoms with Gasteiger partial charge in [0.15, 0.2) is 0 Å². The highest BCUT2D eigenvalue weighted by atomic mass is 19.1. The number of halogens is 1. The third-order valence-electron chi connectivity index (χ3n) is 3.78. The number of rotatable bonds is 3. The molecule has 4 N–H and O–H groups in total.